The fraction of sp³-hybridized carbons (Fsp3) is 0.250. The van der Waals surface area contributed by atoms with Gasteiger partial charge in [-0.05, 0) is 24.1 Å². The number of nitrogens with one attached hydrogen (secondary N) is 3. The van der Waals surface area contributed by atoms with E-state index in [1.54, 1.807) is 6.20 Å². The molecule has 1 amide bonds. The number of H-pyrrole nitrogens is 2. The Morgan fingerprint density at radius 3 is 2.95 bits per heavy atom. The zero-order valence-electron chi connectivity index (χ0n) is 12.1. The van der Waals surface area contributed by atoms with Gasteiger partial charge in [-0.1, -0.05) is 19.9 Å². The van der Waals surface area contributed by atoms with Crippen LogP contribution in [0.15, 0.2) is 36.7 Å². The Kier molecular flexibility index (Phi) is 3.48. The van der Waals surface area contributed by atoms with Crippen LogP contribution < -0.4 is 5.32 Å². The van der Waals surface area contributed by atoms with Gasteiger partial charge in [0.1, 0.15) is 0 Å². The topological polar surface area (TPSA) is 73.6 Å². The van der Waals surface area contributed by atoms with E-state index in [1.807, 2.05) is 44.3 Å². The zero-order valence-corrected chi connectivity index (χ0v) is 12.1. The van der Waals surface area contributed by atoms with Gasteiger partial charge in [-0.25, -0.2) is 0 Å². The number of aromatic nitrogens is 3. The van der Waals surface area contributed by atoms with Crippen LogP contribution in [-0.2, 0) is 4.79 Å². The molecule has 0 spiro atoms. The van der Waals surface area contributed by atoms with Crippen molar-refractivity contribution in [3.8, 4) is 11.3 Å². The van der Waals surface area contributed by atoms with Crippen LogP contribution in [-0.4, -0.2) is 21.1 Å². The van der Waals surface area contributed by atoms with E-state index in [4.69, 9.17) is 0 Å². The Balaban J connectivity index is 1.94. The molecule has 5 heteroatoms. The van der Waals surface area contributed by atoms with Crippen LogP contribution in [0.4, 0.5) is 5.69 Å². The molecule has 1 aromatic carbocycles. The summed E-state index contributed by atoms with van der Waals surface area (Å²) in [5, 5.41) is 10.8. The second-order valence-corrected chi connectivity index (χ2v) is 5.58. The first-order valence-corrected chi connectivity index (χ1v) is 7.04. The molecule has 0 unspecified atom stereocenters. The summed E-state index contributed by atoms with van der Waals surface area (Å²) < 4.78 is 0. The summed E-state index contributed by atoms with van der Waals surface area (Å²) in [4.78, 5) is 15.3. The van der Waals surface area contributed by atoms with Crippen LogP contribution in [0.1, 0.15) is 20.3 Å². The number of amides is 1. The third kappa shape index (κ3) is 2.81. The van der Waals surface area contributed by atoms with Crippen LogP contribution >= 0.6 is 0 Å². The molecule has 21 heavy (non-hydrogen) atoms. The number of benzene rings is 1. The summed E-state index contributed by atoms with van der Waals surface area (Å²) >= 11 is 0. The van der Waals surface area contributed by atoms with Crippen molar-refractivity contribution in [2.75, 3.05) is 5.32 Å². The van der Waals surface area contributed by atoms with Crippen molar-refractivity contribution in [3.05, 3.63) is 36.7 Å². The minimum absolute atomic E-state index is 0.0450. The molecule has 0 aliphatic carbocycles. The first-order valence-electron chi connectivity index (χ1n) is 7.04. The van der Waals surface area contributed by atoms with Crippen molar-refractivity contribution in [1.29, 1.82) is 0 Å². The fourth-order valence-electron chi connectivity index (χ4n) is 2.39. The van der Waals surface area contributed by atoms with Crippen molar-refractivity contribution >= 4 is 22.5 Å². The Labute approximate surface area is 122 Å². The molecule has 2 heterocycles. The normalized spacial score (nSPS) is 11.2. The van der Waals surface area contributed by atoms with Crippen LogP contribution in [0.5, 0.6) is 0 Å². The summed E-state index contributed by atoms with van der Waals surface area (Å²) in [6.07, 6.45) is 4.12. The van der Waals surface area contributed by atoms with E-state index in [9.17, 15) is 4.79 Å². The predicted octanol–water partition coefficient (Wildman–Crippen LogP) is 3.54. The van der Waals surface area contributed by atoms with Gasteiger partial charge in [-0.2, -0.15) is 5.10 Å². The third-order valence-electron chi connectivity index (χ3n) is 3.34. The molecule has 0 aliphatic heterocycles. The summed E-state index contributed by atoms with van der Waals surface area (Å²) in [7, 11) is 0. The van der Waals surface area contributed by atoms with E-state index >= 15 is 0 Å². The summed E-state index contributed by atoms with van der Waals surface area (Å²) in [5.74, 6) is 0.389. The molecule has 0 fully saturated rings. The highest BCUT2D eigenvalue weighted by Gasteiger charge is 2.10. The van der Waals surface area contributed by atoms with Crippen molar-refractivity contribution in [1.82, 2.24) is 15.2 Å². The molecule has 0 atom stereocenters. The number of carbonyl (C=O) groups excluding carboxylic acids is 1. The molecule has 3 N–H and O–H groups in total. The highest BCUT2D eigenvalue weighted by atomic mass is 16.1. The Morgan fingerprint density at radius 2 is 2.24 bits per heavy atom. The van der Waals surface area contributed by atoms with E-state index in [0.717, 1.165) is 27.8 Å². The molecule has 108 valence electrons. The van der Waals surface area contributed by atoms with Crippen molar-refractivity contribution < 1.29 is 4.79 Å². The SMILES string of the molecule is CC(C)CC(=O)Nc1cccc2[nH]c(-c3cn[nH]c3)cc12. The van der Waals surface area contributed by atoms with E-state index < -0.39 is 0 Å². The lowest BCUT2D eigenvalue weighted by Crippen LogP contribution is -2.13. The van der Waals surface area contributed by atoms with E-state index in [0.29, 0.717) is 12.3 Å². The number of nitrogens with zero attached hydrogens (tertiary/aromatic N) is 1. The van der Waals surface area contributed by atoms with Crippen molar-refractivity contribution in [2.24, 2.45) is 5.92 Å². The molecule has 2 aromatic heterocycles. The lowest BCUT2D eigenvalue weighted by Gasteiger charge is -2.08. The number of aromatic amines is 2. The molecule has 3 aromatic rings. The second-order valence-electron chi connectivity index (χ2n) is 5.58. The minimum Gasteiger partial charge on any atom is -0.354 e. The van der Waals surface area contributed by atoms with Gasteiger partial charge in [-0.15, -0.1) is 0 Å². The quantitative estimate of drug-likeness (QED) is 0.684. The second kappa shape index (κ2) is 5.44. The maximum absolute atomic E-state index is 12.0. The lowest BCUT2D eigenvalue weighted by molar-refractivity contribution is -0.116. The van der Waals surface area contributed by atoms with Gasteiger partial charge in [0.2, 0.25) is 5.91 Å². The van der Waals surface area contributed by atoms with E-state index in [1.165, 1.54) is 0 Å². The summed E-state index contributed by atoms with van der Waals surface area (Å²) in [6.45, 7) is 4.07. The number of carbonyl (C=O) groups is 1. The summed E-state index contributed by atoms with van der Waals surface area (Å²) in [6, 6.07) is 7.89. The van der Waals surface area contributed by atoms with Gasteiger partial charge in [0.05, 0.1) is 11.9 Å². The summed E-state index contributed by atoms with van der Waals surface area (Å²) in [5.41, 5.74) is 3.80. The number of fused-ring (bicyclic) bond motifs is 1. The average Bonchev–Trinajstić information content (AvgIpc) is 3.07. The van der Waals surface area contributed by atoms with Gasteiger partial charge in [0.25, 0.3) is 0 Å². The van der Waals surface area contributed by atoms with E-state index in [-0.39, 0.29) is 5.91 Å². The number of hydrogen-bond donors (Lipinski definition) is 3. The highest BCUT2D eigenvalue weighted by molar-refractivity contribution is 6.02. The first kappa shape index (κ1) is 13.4. The smallest absolute Gasteiger partial charge is 0.224 e. The first-order chi connectivity index (χ1) is 10.1. The standard InChI is InChI=1S/C16H18N4O/c1-10(2)6-16(21)20-14-5-3-4-13-12(14)7-15(19-13)11-8-17-18-9-11/h3-5,7-10,19H,6H2,1-2H3,(H,17,18)(H,20,21). The molecule has 3 rings (SSSR count). The Bertz CT molecular complexity index is 756. The average molecular weight is 282 g/mol. The minimum atomic E-state index is 0.0450. The molecular weight excluding hydrogens is 264 g/mol. The molecule has 0 saturated carbocycles. The van der Waals surface area contributed by atoms with Crippen LogP contribution in [0, 0.1) is 5.92 Å². The zero-order chi connectivity index (χ0) is 14.8. The number of hydrogen-bond acceptors (Lipinski definition) is 2. The Morgan fingerprint density at radius 1 is 1.38 bits per heavy atom. The van der Waals surface area contributed by atoms with Gasteiger partial charge in [0, 0.05) is 34.8 Å². The maximum atomic E-state index is 12.0. The fourth-order valence-corrected chi connectivity index (χ4v) is 2.39. The number of rotatable bonds is 4. The third-order valence-corrected chi connectivity index (χ3v) is 3.34. The molecule has 0 saturated heterocycles. The molecular formula is C16H18N4O. The van der Waals surface area contributed by atoms with E-state index in [2.05, 4.69) is 20.5 Å². The van der Waals surface area contributed by atoms with Crippen LogP contribution in [0.3, 0.4) is 0 Å². The van der Waals surface area contributed by atoms with Gasteiger partial charge >= 0.3 is 0 Å². The van der Waals surface area contributed by atoms with Crippen molar-refractivity contribution in [3.63, 3.8) is 0 Å². The Hall–Kier alpha value is -2.56. The largest absolute Gasteiger partial charge is 0.354 e. The molecule has 0 bridgehead atoms. The van der Waals surface area contributed by atoms with Crippen LogP contribution in [0.25, 0.3) is 22.2 Å². The van der Waals surface area contributed by atoms with Gasteiger partial charge in [-0.3, -0.25) is 9.89 Å². The van der Waals surface area contributed by atoms with Crippen molar-refractivity contribution in [2.45, 2.75) is 20.3 Å². The van der Waals surface area contributed by atoms with Crippen LogP contribution in [0.2, 0.25) is 0 Å². The predicted molar refractivity (Wildman–Crippen MR) is 84.0 cm³/mol. The van der Waals surface area contributed by atoms with Gasteiger partial charge in [0.15, 0.2) is 0 Å². The van der Waals surface area contributed by atoms with Gasteiger partial charge < -0.3 is 10.3 Å². The highest BCUT2D eigenvalue weighted by Crippen LogP contribution is 2.29. The maximum Gasteiger partial charge on any atom is 0.224 e. The molecule has 5 nitrogen and oxygen atoms in total. The lowest BCUT2D eigenvalue weighted by atomic mass is 10.1. The molecule has 0 radical (unpaired) electrons. The number of anilines is 1. The molecule has 0 aliphatic rings. The monoisotopic (exact) mass is 282 g/mol.